The predicted octanol–water partition coefficient (Wildman–Crippen LogP) is 4.11. The molecule has 1 aliphatic rings. The third-order valence-electron chi connectivity index (χ3n) is 4.22. The van der Waals surface area contributed by atoms with Gasteiger partial charge in [0, 0.05) is 35.5 Å². The lowest BCUT2D eigenvalue weighted by atomic mass is 9.90. The van der Waals surface area contributed by atoms with Crippen LogP contribution < -0.4 is 4.90 Å². The Morgan fingerprint density at radius 2 is 1.91 bits per heavy atom. The van der Waals surface area contributed by atoms with E-state index in [0.29, 0.717) is 17.4 Å². The molecule has 0 amide bonds. The number of hydrogen-bond acceptors (Lipinski definition) is 4. The van der Waals surface area contributed by atoms with Crippen LogP contribution in [0.5, 0.6) is 0 Å². The summed E-state index contributed by atoms with van der Waals surface area (Å²) in [5, 5.41) is 10.6. The number of aromatic nitrogens is 2. The van der Waals surface area contributed by atoms with Gasteiger partial charge in [-0.05, 0) is 48.9 Å². The van der Waals surface area contributed by atoms with Crippen LogP contribution in [0.3, 0.4) is 0 Å². The van der Waals surface area contributed by atoms with E-state index >= 15 is 0 Å². The van der Waals surface area contributed by atoms with Crippen LogP contribution in [0.25, 0.3) is 0 Å². The van der Waals surface area contributed by atoms with Crippen molar-refractivity contribution >= 4 is 29.0 Å². The molecule has 6 heteroatoms. The van der Waals surface area contributed by atoms with E-state index in [2.05, 4.69) is 20.9 Å². The largest absolute Gasteiger partial charge is 0.354 e. The molecule has 4 nitrogen and oxygen atoms in total. The maximum absolute atomic E-state index is 9.15. The van der Waals surface area contributed by atoms with Crippen LogP contribution in [0.4, 0.5) is 5.82 Å². The fourth-order valence-corrected chi connectivity index (χ4v) is 3.39. The van der Waals surface area contributed by atoms with Gasteiger partial charge in [-0.15, -0.1) is 0 Å². The lowest BCUT2D eigenvalue weighted by molar-refractivity contribution is 0.402. The molecular weight excluding hydrogens is 331 g/mol. The molecule has 1 aliphatic heterocycles. The summed E-state index contributed by atoms with van der Waals surface area (Å²) >= 11 is 12.3. The molecule has 0 spiro atoms. The first kappa shape index (κ1) is 16.0. The van der Waals surface area contributed by atoms with Crippen LogP contribution >= 0.6 is 23.2 Å². The van der Waals surface area contributed by atoms with E-state index in [1.54, 1.807) is 12.4 Å². The highest BCUT2D eigenvalue weighted by Crippen LogP contribution is 2.29. The normalized spacial score (nSPS) is 15.4. The lowest BCUT2D eigenvalue weighted by Gasteiger charge is -2.33. The number of nitriles is 1. The van der Waals surface area contributed by atoms with Crippen LogP contribution in [-0.4, -0.2) is 23.1 Å². The van der Waals surface area contributed by atoms with Gasteiger partial charge in [0.15, 0.2) is 11.5 Å². The summed E-state index contributed by atoms with van der Waals surface area (Å²) in [6.07, 6.45) is 6.18. The average molecular weight is 347 g/mol. The van der Waals surface area contributed by atoms with Gasteiger partial charge in [0.1, 0.15) is 6.07 Å². The Kier molecular flexibility index (Phi) is 5.00. The second-order valence-corrected chi connectivity index (χ2v) is 6.55. The van der Waals surface area contributed by atoms with Crippen molar-refractivity contribution in [1.29, 1.82) is 5.26 Å². The highest BCUT2D eigenvalue weighted by Gasteiger charge is 2.23. The van der Waals surface area contributed by atoms with Crippen molar-refractivity contribution < 1.29 is 0 Å². The van der Waals surface area contributed by atoms with Gasteiger partial charge in [0.2, 0.25) is 0 Å². The van der Waals surface area contributed by atoms with Crippen LogP contribution in [0, 0.1) is 17.2 Å². The molecule has 3 rings (SSSR count). The zero-order valence-corrected chi connectivity index (χ0v) is 14.1. The number of rotatable bonds is 3. The van der Waals surface area contributed by atoms with Crippen molar-refractivity contribution in [3.05, 3.63) is 51.9 Å². The van der Waals surface area contributed by atoms with E-state index < -0.39 is 0 Å². The number of nitrogens with zero attached hydrogens (tertiary/aromatic N) is 4. The quantitative estimate of drug-likeness (QED) is 0.838. The van der Waals surface area contributed by atoms with Crippen molar-refractivity contribution in [2.45, 2.75) is 19.3 Å². The van der Waals surface area contributed by atoms with E-state index in [1.165, 1.54) is 0 Å². The first-order chi connectivity index (χ1) is 11.2. The summed E-state index contributed by atoms with van der Waals surface area (Å²) in [6, 6.07) is 7.73. The molecule has 1 aromatic heterocycles. The van der Waals surface area contributed by atoms with Crippen molar-refractivity contribution in [3.8, 4) is 6.07 Å². The molecule has 1 saturated heterocycles. The second kappa shape index (κ2) is 7.16. The SMILES string of the molecule is N#Cc1nccnc1N1CCC(Cc2cc(Cl)ccc2Cl)CC1. The Hall–Kier alpha value is -1.83. The first-order valence-corrected chi connectivity index (χ1v) is 8.33. The van der Waals surface area contributed by atoms with E-state index in [4.69, 9.17) is 28.5 Å². The van der Waals surface area contributed by atoms with E-state index in [-0.39, 0.29) is 0 Å². The summed E-state index contributed by atoms with van der Waals surface area (Å²) in [7, 11) is 0. The van der Waals surface area contributed by atoms with Gasteiger partial charge in [0.25, 0.3) is 0 Å². The minimum Gasteiger partial charge on any atom is -0.354 e. The average Bonchev–Trinajstić information content (AvgIpc) is 2.59. The monoisotopic (exact) mass is 346 g/mol. The molecule has 0 bridgehead atoms. The molecule has 0 unspecified atom stereocenters. The van der Waals surface area contributed by atoms with Gasteiger partial charge in [-0.25, -0.2) is 9.97 Å². The van der Waals surface area contributed by atoms with Gasteiger partial charge in [-0.3, -0.25) is 0 Å². The van der Waals surface area contributed by atoms with Gasteiger partial charge >= 0.3 is 0 Å². The molecule has 0 radical (unpaired) electrons. The maximum Gasteiger partial charge on any atom is 0.183 e. The van der Waals surface area contributed by atoms with Crippen molar-refractivity contribution in [3.63, 3.8) is 0 Å². The zero-order valence-electron chi connectivity index (χ0n) is 12.5. The molecule has 2 heterocycles. The topological polar surface area (TPSA) is 52.8 Å². The molecule has 118 valence electrons. The van der Waals surface area contributed by atoms with Gasteiger partial charge < -0.3 is 4.90 Å². The Morgan fingerprint density at radius 1 is 1.17 bits per heavy atom. The Bertz CT molecular complexity index is 734. The molecular formula is C17H16Cl2N4. The number of piperidine rings is 1. The Balaban J connectivity index is 1.65. The first-order valence-electron chi connectivity index (χ1n) is 7.57. The summed E-state index contributed by atoms with van der Waals surface area (Å²) in [6.45, 7) is 1.74. The third-order valence-corrected chi connectivity index (χ3v) is 4.82. The Morgan fingerprint density at radius 3 is 2.65 bits per heavy atom. The van der Waals surface area contributed by atoms with Crippen molar-refractivity contribution in [1.82, 2.24) is 9.97 Å². The molecule has 0 aliphatic carbocycles. The Labute approximate surface area is 145 Å². The highest BCUT2D eigenvalue weighted by atomic mass is 35.5. The fourth-order valence-electron chi connectivity index (χ4n) is 3.00. The molecule has 0 N–H and O–H groups in total. The molecule has 0 saturated carbocycles. The highest BCUT2D eigenvalue weighted by molar-refractivity contribution is 6.33. The molecule has 1 fully saturated rings. The third kappa shape index (κ3) is 3.74. The van der Waals surface area contributed by atoms with Crippen LogP contribution in [-0.2, 0) is 6.42 Å². The fraction of sp³-hybridized carbons (Fsp3) is 0.353. The molecule has 1 aromatic carbocycles. The number of hydrogen-bond donors (Lipinski definition) is 0. The predicted molar refractivity (Wildman–Crippen MR) is 91.9 cm³/mol. The van der Waals surface area contributed by atoms with E-state index in [1.807, 2.05) is 18.2 Å². The maximum atomic E-state index is 9.15. The summed E-state index contributed by atoms with van der Waals surface area (Å²) < 4.78 is 0. The van der Waals surface area contributed by atoms with E-state index in [9.17, 15) is 0 Å². The standard InChI is InChI=1S/C17H16Cl2N4/c18-14-1-2-15(19)13(10-14)9-12-3-7-23(8-4-12)17-16(11-20)21-5-6-22-17/h1-2,5-6,10,12H,3-4,7-9H2. The van der Waals surface area contributed by atoms with Crippen molar-refractivity contribution in [2.75, 3.05) is 18.0 Å². The van der Waals surface area contributed by atoms with E-state index in [0.717, 1.165) is 48.0 Å². The smallest absolute Gasteiger partial charge is 0.183 e. The minimum absolute atomic E-state index is 0.392. The second-order valence-electron chi connectivity index (χ2n) is 5.71. The summed E-state index contributed by atoms with van der Waals surface area (Å²) in [5.41, 5.74) is 1.50. The van der Waals surface area contributed by atoms with Gasteiger partial charge in [-0.2, -0.15) is 5.26 Å². The van der Waals surface area contributed by atoms with Crippen LogP contribution in [0.15, 0.2) is 30.6 Å². The van der Waals surface area contributed by atoms with Gasteiger partial charge in [0.05, 0.1) is 0 Å². The number of benzene rings is 1. The zero-order chi connectivity index (χ0) is 16.2. The molecule has 23 heavy (non-hydrogen) atoms. The van der Waals surface area contributed by atoms with Crippen LogP contribution in [0.1, 0.15) is 24.1 Å². The van der Waals surface area contributed by atoms with Crippen LogP contribution in [0.2, 0.25) is 10.0 Å². The lowest BCUT2D eigenvalue weighted by Crippen LogP contribution is -2.35. The number of anilines is 1. The number of halogens is 2. The molecule has 2 aromatic rings. The van der Waals surface area contributed by atoms with Gasteiger partial charge in [-0.1, -0.05) is 23.2 Å². The van der Waals surface area contributed by atoms with Crippen molar-refractivity contribution in [2.24, 2.45) is 5.92 Å². The summed E-state index contributed by atoms with van der Waals surface area (Å²) in [5.74, 6) is 1.25. The summed E-state index contributed by atoms with van der Waals surface area (Å²) in [4.78, 5) is 10.5. The molecule has 0 atom stereocenters. The minimum atomic E-state index is 0.392.